The van der Waals surface area contributed by atoms with E-state index < -0.39 is 36.1 Å². The number of carboxylic acids is 1. The van der Waals surface area contributed by atoms with Crippen molar-refractivity contribution in [2.75, 3.05) is 18.6 Å². The molecule has 1 aliphatic rings. The average molecular weight is 397 g/mol. The molecule has 2 N–H and O–H groups in total. The van der Waals surface area contributed by atoms with Gasteiger partial charge in [-0.25, -0.2) is 4.79 Å². The smallest absolute Gasteiger partial charge is 0.341 e. The van der Waals surface area contributed by atoms with Gasteiger partial charge in [0.05, 0.1) is 18.7 Å². The Morgan fingerprint density at radius 1 is 1.10 bits per heavy atom. The van der Waals surface area contributed by atoms with Crippen molar-refractivity contribution in [3.05, 3.63) is 65.4 Å². The van der Waals surface area contributed by atoms with Gasteiger partial charge in [-0.05, 0) is 48.9 Å². The van der Waals surface area contributed by atoms with E-state index in [1.807, 2.05) is 0 Å². The summed E-state index contributed by atoms with van der Waals surface area (Å²) in [7, 11) is 1.51. The Labute approximate surface area is 166 Å². The fourth-order valence-electron chi connectivity index (χ4n) is 3.21. The largest absolute Gasteiger partial charge is 0.503 e. The first kappa shape index (κ1) is 19.9. The fourth-order valence-corrected chi connectivity index (χ4v) is 3.21. The van der Waals surface area contributed by atoms with E-state index in [1.54, 1.807) is 36.4 Å². The zero-order chi connectivity index (χ0) is 21.1. The summed E-state index contributed by atoms with van der Waals surface area (Å²) < 4.78 is 10.3. The van der Waals surface area contributed by atoms with E-state index in [2.05, 4.69) is 0 Å². The summed E-state index contributed by atoms with van der Waals surface area (Å²) in [5.74, 6) is -1.99. The van der Waals surface area contributed by atoms with Crippen molar-refractivity contribution < 1.29 is 34.1 Å². The first-order valence-electron chi connectivity index (χ1n) is 8.69. The molecule has 150 valence electrons. The molecule has 8 heteroatoms. The van der Waals surface area contributed by atoms with Crippen LogP contribution >= 0.6 is 0 Å². The van der Waals surface area contributed by atoms with Crippen molar-refractivity contribution in [3.63, 3.8) is 0 Å². The molecule has 0 saturated carbocycles. The van der Waals surface area contributed by atoms with Gasteiger partial charge >= 0.3 is 5.97 Å². The molecule has 1 amide bonds. The summed E-state index contributed by atoms with van der Waals surface area (Å²) in [5.41, 5.74) is 1.00. The first-order chi connectivity index (χ1) is 13.8. The lowest BCUT2D eigenvalue weighted by atomic mass is 9.96. The molecule has 0 spiro atoms. The van der Waals surface area contributed by atoms with E-state index in [-0.39, 0.29) is 5.57 Å². The standard InChI is InChI=1S/C21H19NO7/c1-12(23)18-19(13-4-3-5-16(10-13)28-2)22(21(27)20(18)26)14-6-8-15(9-7-14)29-11-17(24)25/h3-10,19,26H,11H2,1-2H3,(H,24,25). The molecule has 2 aromatic carbocycles. The molecule has 0 saturated heterocycles. The maximum atomic E-state index is 12.8. The molecule has 1 unspecified atom stereocenters. The third-order valence-electron chi connectivity index (χ3n) is 4.47. The van der Waals surface area contributed by atoms with Crippen LogP contribution in [0.25, 0.3) is 0 Å². The molecule has 0 fully saturated rings. The number of rotatable bonds is 7. The fraction of sp³-hybridized carbons (Fsp3) is 0.190. The van der Waals surface area contributed by atoms with Gasteiger partial charge in [0, 0.05) is 5.69 Å². The number of Topliss-reactive ketones (excluding diaryl/α,β-unsaturated/α-hetero) is 1. The van der Waals surface area contributed by atoms with Crippen molar-refractivity contribution >= 4 is 23.3 Å². The predicted octanol–water partition coefficient (Wildman–Crippen LogP) is 2.65. The van der Waals surface area contributed by atoms with E-state index in [4.69, 9.17) is 14.6 Å². The molecule has 0 radical (unpaired) electrons. The zero-order valence-electron chi connectivity index (χ0n) is 15.8. The highest BCUT2D eigenvalue weighted by Gasteiger charge is 2.43. The van der Waals surface area contributed by atoms with Crippen LogP contribution in [0.2, 0.25) is 0 Å². The summed E-state index contributed by atoms with van der Waals surface area (Å²) in [6.45, 7) is 0.795. The molecule has 3 rings (SSSR count). The number of aliphatic hydroxyl groups is 1. The molecule has 0 aromatic heterocycles. The van der Waals surface area contributed by atoms with Crippen LogP contribution in [0.3, 0.4) is 0 Å². The van der Waals surface area contributed by atoms with Crippen LogP contribution in [0, 0.1) is 0 Å². The Morgan fingerprint density at radius 3 is 2.38 bits per heavy atom. The van der Waals surface area contributed by atoms with Gasteiger partial charge in [0.2, 0.25) is 0 Å². The van der Waals surface area contributed by atoms with Crippen molar-refractivity contribution in [1.29, 1.82) is 0 Å². The van der Waals surface area contributed by atoms with E-state index in [1.165, 1.54) is 31.1 Å². The summed E-state index contributed by atoms with van der Waals surface area (Å²) in [4.78, 5) is 36.9. The van der Waals surface area contributed by atoms with Gasteiger partial charge in [0.1, 0.15) is 11.5 Å². The van der Waals surface area contributed by atoms with Gasteiger partial charge < -0.3 is 19.7 Å². The van der Waals surface area contributed by atoms with Crippen molar-refractivity contribution in [3.8, 4) is 11.5 Å². The number of anilines is 1. The minimum atomic E-state index is -1.11. The Hall–Kier alpha value is -3.81. The molecule has 1 atom stereocenters. The highest BCUT2D eigenvalue weighted by molar-refractivity contribution is 6.16. The molecule has 8 nitrogen and oxygen atoms in total. The van der Waals surface area contributed by atoms with Crippen LogP contribution in [-0.2, 0) is 14.4 Å². The molecule has 1 heterocycles. The van der Waals surface area contributed by atoms with E-state index in [0.717, 1.165) is 0 Å². The first-order valence-corrected chi connectivity index (χ1v) is 8.69. The maximum Gasteiger partial charge on any atom is 0.341 e. The topological polar surface area (TPSA) is 113 Å². The summed E-state index contributed by atoms with van der Waals surface area (Å²) in [6, 6.07) is 12.2. The van der Waals surface area contributed by atoms with Crippen LogP contribution in [0.4, 0.5) is 5.69 Å². The van der Waals surface area contributed by atoms with Crippen molar-refractivity contribution in [2.24, 2.45) is 0 Å². The van der Waals surface area contributed by atoms with Crippen LogP contribution < -0.4 is 14.4 Å². The summed E-state index contributed by atoms with van der Waals surface area (Å²) in [5, 5.41) is 19.1. The van der Waals surface area contributed by atoms with Gasteiger partial charge in [-0.1, -0.05) is 12.1 Å². The van der Waals surface area contributed by atoms with Crippen molar-refractivity contribution in [1.82, 2.24) is 0 Å². The number of hydrogen-bond acceptors (Lipinski definition) is 6. The predicted molar refractivity (Wildman–Crippen MR) is 103 cm³/mol. The second kappa shape index (κ2) is 8.05. The lowest BCUT2D eigenvalue weighted by molar-refractivity contribution is -0.139. The number of ketones is 1. The van der Waals surface area contributed by atoms with Crippen molar-refractivity contribution in [2.45, 2.75) is 13.0 Å². The highest BCUT2D eigenvalue weighted by Crippen LogP contribution is 2.41. The number of carbonyl (C=O) groups is 3. The number of aliphatic carboxylic acids is 1. The number of methoxy groups -OCH3 is 1. The number of carboxylic acid groups (broad SMARTS) is 1. The Morgan fingerprint density at radius 2 is 1.79 bits per heavy atom. The van der Waals surface area contributed by atoms with Crippen LogP contribution in [0.15, 0.2) is 59.9 Å². The Kier molecular flexibility index (Phi) is 5.54. The second-order valence-electron chi connectivity index (χ2n) is 6.35. The Balaban J connectivity index is 2.02. The number of ether oxygens (including phenoxy) is 2. The van der Waals surface area contributed by atoms with Gasteiger partial charge in [0.15, 0.2) is 18.1 Å². The molecular weight excluding hydrogens is 378 g/mol. The second-order valence-corrected chi connectivity index (χ2v) is 6.35. The summed E-state index contributed by atoms with van der Waals surface area (Å²) >= 11 is 0. The van der Waals surface area contributed by atoms with E-state index >= 15 is 0 Å². The van der Waals surface area contributed by atoms with Gasteiger partial charge in [-0.3, -0.25) is 14.5 Å². The number of carbonyl (C=O) groups excluding carboxylic acids is 2. The maximum absolute atomic E-state index is 12.8. The average Bonchev–Trinajstić information content (AvgIpc) is 2.98. The normalized spacial score (nSPS) is 16.1. The number of aliphatic hydroxyl groups excluding tert-OH is 1. The third-order valence-corrected chi connectivity index (χ3v) is 4.47. The lowest BCUT2D eigenvalue weighted by Gasteiger charge is -2.27. The van der Waals surface area contributed by atoms with Gasteiger partial charge in [-0.2, -0.15) is 0 Å². The molecule has 1 aliphatic heterocycles. The number of amides is 1. The molecule has 0 bridgehead atoms. The number of nitrogens with zero attached hydrogens (tertiary/aromatic N) is 1. The molecule has 2 aromatic rings. The third kappa shape index (κ3) is 3.91. The lowest BCUT2D eigenvalue weighted by Crippen LogP contribution is -2.30. The molecular formula is C21H19NO7. The van der Waals surface area contributed by atoms with Crippen LogP contribution in [0.5, 0.6) is 11.5 Å². The van der Waals surface area contributed by atoms with Crippen LogP contribution in [-0.4, -0.2) is 41.6 Å². The monoisotopic (exact) mass is 397 g/mol. The zero-order valence-corrected chi connectivity index (χ0v) is 15.8. The Bertz CT molecular complexity index is 994. The molecule has 29 heavy (non-hydrogen) atoms. The molecule has 0 aliphatic carbocycles. The van der Waals surface area contributed by atoms with Gasteiger partial charge in [0.25, 0.3) is 5.91 Å². The minimum absolute atomic E-state index is 0.00513. The highest BCUT2D eigenvalue weighted by atomic mass is 16.5. The van der Waals surface area contributed by atoms with Crippen LogP contribution in [0.1, 0.15) is 18.5 Å². The number of benzene rings is 2. The quantitative estimate of drug-likeness (QED) is 0.738. The van der Waals surface area contributed by atoms with E-state index in [9.17, 15) is 19.5 Å². The van der Waals surface area contributed by atoms with Gasteiger partial charge in [-0.15, -0.1) is 0 Å². The minimum Gasteiger partial charge on any atom is -0.503 e. The summed E-state index contributed by atoms with van der Waals surface area (Å²) in [6.07, 6.45) is 0. The van der Waals surface area contributed by atoms with E-state index in [0.29, 0.717) is 22.7 Å². The SMILES string of the molecule is COc1cccc(C2C(C(C)=O)=C(O)C(=O)N2c2ccc(OCC(=O)O)cc2)c1. The number of hydrogen-bond donors (Lipinski definition) is 2.